The maximum Gasteiger partial charge on any atom is 0.431 e. The summed E-state index contributed by atoms with van der Waals surface area (Å²) in [5, 5.41) is 0. The van der Waals surface area contributed by atoms with E-state index in [2.05, 4.69) is 0 Å². The molecule has 51 heavy (non-hydrogen) atoms. The fourth-order valence-corrected chi connectivity index (χ4v) is 6.37. The molecule has 2 aliphatic heterocycles. The van der Waals surface area contributed by atoms with Gasteiger partial charge in [0.1, 0.15) is 35.9 Å². The van der Waals surface area contributed by atoms with Crippen molar-refractivity contribution < 1.29 is 51.2 Å². The number of alkyl halides is 3. The lowest BCUT2D eigenvalue weighted by molar-refractivity contribution is -0.340. The lowest BCUT2D eigenvalue weighted by Gasteiger charge is -2.50. The predicted octanol–water partition coefficient (Wildman–Crippen LogP) is 5.71. The first kappa shape index (κ1) is 37.8. The van der Waals surface area contributed by atoms with Crippen LogP contribution >= 0.6 is 0 Å². The molecule has 3 aromatic rings. The van der Waals surface area contributed by atoms with Crippen molar-refractivity contribution in [1.82, 2.24) is 4.90 Å². The summed E-state index contributed by atoms with van der Waals surface area (Å²) in [6.45, 7) is 1.11. The molecule has 6 atom stereocenters. The quantitative estimate of drug-likeness (QED) is 0.163. The number of carbonyl (C=O) groups is 2. The average molecular weight is 713 g/mol. The van der Waals surface area contributed by atoms with E-state index in [1.54, 1.807) is 67.5 Å². The number of benzene rings is 3. The van der Waals surface area contributed by atoms with Gasteiger partial charge in [-0.2, -0.15) is 13.2 Å². The minimum Gasteiger partial charge on any atom is -0.497 e. The van der Waals surface area contributed by atoms with E-state index in [4.69, 9.17) is 33.4 Å². The van der Waals surface area contributed by atoms with Gasteiger partial charge in [-0.1, -0.05) is 72.8 Å². The molecule has 10 nitrogen and oxygen atoms in total. The molecule has 274 valence electrons. The summed E-state index contributed by atoms with van der Waals surface area (Å²) in [7, 11) is 5.05. The third-order valence-electron chi connectivity index (χ3n) is 9.03. The lowest BCUT2D eigenvalue weighted by Crippen LogP contribution is -2.70. The minimum absolute atomic E-state index is 0.0347. The molecule has 0 spiro atoms. The first-order valence-electron chi connectivity index (χ1n) is 16.8. The van der Waals surface area contributed by atoms with Crippen molar-refractivity contribution in [3.8, 4) is 5.75 Å². The Bertz CT molecular complexity index is 1620. The molecule has 0 aromatic heterocycles. The van der Waals surface area contributed by atoms with Crippen LogP contribution in [0.15, 0.2) is 89.9 Å². The summed E-state index contributed by atoms with van der Waals surface area (Å²) >= 11 is 0. The molecule has 0 aliphatic carbocycles. The monoisotopic (exact) mass is 712 g/mol. The maximum atomic E-state index is 16.0. The van der Waals surface area contributed by atoms with E-state index in [-0.39, 0.29) is 32.7 Å². The number of fused-ring (bicyclic) bond motifs is 1. The standard InChI is InChI=1S/C38H43F3N2O8/c1-5-47-35(44)36(45)51-37(38(39,40)41,21-20-25-16-18-28(46-4)19-17-25)34-33(49-24-27-14-10-7-11-15-27)32(48-23-26-12-8-6-9-13-26)31-29(50-34)22-30(42-31)43(2)3/h6-19,29,31-34H,5,20-24H2,1-4H3/t29-,31+,32-,33+,34?,37+/m1/s1. The van der Waals surface area contributed by atoms with Gasteiger partial charge in [-0.25, -0.2) is 9.59 Å². The van der Waals surface area contributed by atoms with Gasteiger partial charge in [0.2, 0.25) is 5.60 Å². The number of rotatable bonds is 13. The highest BCUT2D eigenvalue weighted by Gasteiger charge is 2.69. The molecule has 0 amide bonds. The topological polar surface area (TPSA) is 105 Å². The van der Waals surface area contributed by atoms with Crippen molar-refractivity contribution in [3.05, 3.63) is 102 Å². The Morgan fingerprint density at radius 3 is 1.96 bits per heavy atom. The SMILES string of the molecule is CCOC(=O)C(=O)O[C@@](CCc1ccc(OC)cc1)(C1O[C@@H]2CC(N(C)C)=N[C@@H]2[C@@H](OCc2ccccc2)[C@@H]1OCc1ccccc1)C(F)(F)F. The molecule has 1 fully saturated rings. The van der Waals surface area contributed by atoms with E-state index in [1.165, 1.54) is 14.0 Å². The second kappa shape index (κ2) is 16.7. The molecule has 0 radical (unpaired) electrons. The number of hydrogen-bond acceptors (Lipinski definition) is 10. The first-order valence-corrected chi connectivity index (χ1v) is 16.8. The molecule has 0 N–H and O–H groups in total. The molecule has 0 bridgehead atoms. The summed E-state index contributed by atoms with van der Waals surface area (Å²) < 4.78 is 82.6. The minimum atomic E-state index is -5.26. The summed E-state index contributed by atoms with van der Waals surface area (Å²) in [5.74, 6) is -2.24. The maximum absolute atomic E-state index is 16.0. The largest absolute Gasteiger partial charge is 0.497 e. The number of halogens is 3. The van der Waals surface area contributed by atoms with E-state index in [9.17, 15) is 9.59 Å². The number of amidine groups is 1. The van der Waals surface area contributed by atoms with Crippen molar-refractivity contribution in [3.63, 3.8) is 0 Å². The van der Waals surface area contributed by atoms with Gasteiger partial charge in [-0.15, -0.1) is 0 Å². The molecule has 1 unspecified atom stereocenters. The molecule has 1 saturated heterocycles. The predicted molar refractivity (Wildman–Crippen MR) is 181 cm³/mol. The van der Waals surface area contributed by atoms with Crippen LogP contribution < -0.4 is 4.74 Å². The number of ether oxygens (including phenoxy) is 6. The molecule has 3 aromatic carbocycles. The Hall–Kier alpha value is -4.46. The second-order valence-electron chi connectivity index (χ2n) is 12.6. The number of esters is 2. The number of carbonyl (C=O) groups excluding carboxylic acids is 2. The fraction of sp³-hybridized carbons (Fsp3) is 0.447. The Kier molecular flexibility index (Phi) is 12.4. The van der Waals surface area contributed by atoms with Crippen LogP contribution in [0.2, 0.25) is 0 Å². The summed E-state index contributed by atoms with van der Waals surface area (Å²) in [5.41, 5.74) is -1.42. The van der Waals surface area contributed by atoms with Crippen molar-refractivity contribution in [2.45, 2.75) is 81.6 Å². The van der Waals surface area contributed by atoms with Crippen LogP contribution in [-0.2, 0) is 52.9 Å². The highest BCUT2D eigenvalue weighted by molar-refractivity contribution is 6.29. The molecule has 2 aliphatic rings. The highest BCUT2D eigenvalue weighted by Crippen LogP contribution is 2.48. The molecule has 2 heterocycles. The van der Waals surface area contributed by atoms with Crippen LogP contribution in [0.1, 0.15) is 36.5 Å². The Morgan fingerprint density at radius 2 is 1.43 bits per heavy atom. The average Bonchev–Trinajstić information content (AvgIpc) is 3.57. The summed E-state index contributed by atoms with van der Waals surface area (Å²) in [6.07, 6.45) is -11.6. The molecule has 0 saturated carbocycles. The van der Waals surface area contributed by atoms with Crippen LogP contribution in [0.25, 0.3) is 0 Å². The van der Waals surface area contributed by atoms with Crippen LogP contribution in [0.3, 0.4) is 0 Å². The number of aryl methyl sites for hydroxylation is 1. The smallest absolute Gasteiger partial charge is 0.431 e. The van der Waals surface area contributed by atoms with Gasteiger partial charge in [-0.05, 0) is 42.2 Å². The summed E-state index contributed by atoms with van der Waals surface area (Å²) in [4.78, 5) is 32.4. The van der Waals surface area contributed by atoms with E-state index in [0.29, 0.717) is 22.7 Å². The zero-order valence-electron chi connectivity index (χ0n) is 29.0. The van der Waals surface area contributed by atoms with Crippen LogP contribution in [0.5, 0.6) is 5.75 Å². The first-order chi connectivity index (χ1) is 24.5. The zero-order chi connectivity index (χ0) is 36.6. The van der Waals surface area contributed by atoms with Gasteiger partial charge < -0.3 is 33.3 Å². The molecular formula is C38H43F3N2O8. The third-order valence-corrected chi connectivity index (χ3v) is 9.03. The second-order valence-corrected chi connectivity index (χ2v) is 12.6. The van der Waals surface area contributed by atoms with Crippen molar-refractivity contribution in [2.75, 3.05) is 27.8 Å². The van der Waals surface area contributed by atoms with Crippen molar-refractivity contribution in [2.24, 2.45) is 4.99 Å². The summed E-state index contributed by atoms with van der Waals surface area (Å²) in [6, 6.07) is 23.9. The molecular weight excluding hydrogens is 669 g/mol. The Balaban J connectivity index is 1.63. The molecule has 5 rings (SSSR count). The number of nitrogens with zero attached hydrogens (tertiary/aromatic N) is 2. The van der Waals surface area contributed by atoms with E-state index >= 15 is 13.2 Å². The number of methoxy groups -OCH3 is 1. The number of hydrogen-bond donors (Lipinski definition) is 0. The van der Waals surface area contributed by atoms with E-state index in [1.807, 2.05) is 36.4 Å². The van der Waals surface area contributed by atoms with Crippen LogP contribution in [-0.4, -0.2) is 92.7 Å². The third kappa shape index (κ3) is 8.89. The van der Waals surface area contributed by atoms with Gasteiger partial charge in [-0.3, -0.25) is 4.99 Å². The zero-order valence-corrected chi connectivity index (χ0v) is 29.0. The van der Waals surface area contributed by atoms with Gasteiger partial charge in [0, 0.05) is 26.9 Å². The van der Waals surface area contributed by atoms with Crippen LogP contribution in [0, 0.1) is 0 Å². The normalized spacial score (nSPS) is 22.6. The van der Waals surface area contributed by atoms with Crippen LogP contribution in [0.4, 0.5) is 13.2 Å². The van der Waals surface area contributed by atoms with E-state index < -0.39 is 60.6 Å². The van der Waals surface area contributed by atoms with E-state index in [0.717, 1.165) is 5.56 Å². The molecule has 13 heteroatoms. The van der Waals surface area contributed by atoms with Crippen molar-refractivity contribution in [1.29, 1.82) is 0 Å². The van der Waals surface area contributed by atoms with Gasteiger partial charge in [0.25, 0.3) is 0 Å². The highest BCUT2D eigenvalue weighted by atomic mass is 19.4. The Labute approximate surface area is 295 Å². The van der Waals surface area contributed by atoms with Crippen molar-refractivity contribution >= 4 is 17.8 Å². The fourth-order valence-electron chi connectivity index (χ4n) is 6.37. The number of aliphatic imine (C=N–C) groups is 1. The lowest BCUT2D eigenvalue weighted by atomic mass is 9.79. The Morgan fingerprint density at radius 1 is 0.843 bits per heavy atom. The van der Waals surface area contributed by atoms with Gasteiger partial charge in [0.15, 0.2) is 0 Å². The van der Waals surface area contributed by atoms with Gasteiger partial charge >= 0.3 is 18.1 Å². The van der Waals surface area contributed by atoms with Gasteiger partial charge in [0.05, 0.1) is 33.0 Å².